The quantitative estimate of drug-likeness (QED) is 0.725. The maximum absolute atomic E-state index is 12.7. The summed E-state index contributed by atoms with van der Waals surface area (Å²) in [5, 5.41) is 12.7. The number of urea groups is 1. The van der Waals surface area contributed by atoms with E-state index >= 15 is 0 Å². The Hall–Kier alpha value is -2.70. The molecule has 7 heteroatoms. The zero-order chi connectivity index (χ0) is 15.1. The molecule has 3 N–H and O–H groups in total. The molecule has 0 aliphatic carbocycles. The van der Waals surface area contributed by atoms with E-state index in [2.05, 4.69) is 5.32 Å². The van der Waals surface area contributed by atoms with Crippen molar-refractivity contribution in [2.24, 2.45) is 0 Å². The fourth-order valence-electron chi connectivity index (χ4n) is 1.37. The minimum atomic E-state index is -1.29. The first-order valence-electron chi connectivity index (χ1n) is 5.66. The van der Waals surface area contributed by atoms with E-state index in [4.69, 9.17) is 5.11 Å². The molecule has 1 atom stereocenters. The molecule has 1 unspecified atom stereocenters. The number of benzene rings is 1. The summed E-state index contributed by atoms with van der Waals surface area (Å²) in [6.45, 7) is 1.66. The number of rotatable bonds is 4. The van der Waals surface area contributed by atoms with Gasteiger partial charge in [-0.1, -0.05) is 12.1 Å². The van der Waals surface area contributed by atoms with E-state index < -0.39 is 23.9 Å². The lowest BCUT2D eigenvalue weighted by Gasteiger charge is -2.14. The zero-order valence-corrected chi connectivity index (χ0v) is 10.6. The maximum Gasteiger partial charge on any atom is 0.328 e. The molecule has 0 radical (unpaired) electrons. The van der Waals surface area contributed by atoms with Gasteiger partial charge in [-0.3, -0.25) is 10.1 Å². The SMILES string of the molecule is CC(NC(=O)NC(=O)C=CC(=O)O)c1ccc(F)cc1. The van der Waals surface area contributed by atoms with Crippen LogP contribution in [-0.2, 0) is 9.59 Å². The molecule has 0 heterocycles. The molecule has 0 saturated heterocycles. The van der Waals surface area contributed by atoms with Gasteiger partial charge < -0.3 is 10.4 Å². The molecule has 0 aliphatic rings. The lowest BCUT2D eigenvalue weighted by Crippen LogP contribution is -2.39. The first-order valence-corrected chi connectivity index (χ1v) is 5.66. The van der Waals surface area contributed by atoms with Crippen molar-refractivity contribution < 1.29 is 23.9 Å². The Balaban J connectivity index is 2.51. The topological polar surface area (TPSA) is 95.5 Å². The molecule has 20 heavy (non-hydrogen) atoms. The van der Waals surface area contributed by atoms with Crippen LogP contribution in [0, 0.1) is 5.82 Å². The standard InChI is InChI=1S/C13H13FN2O4/c1-8(9-2-4-10(14)5-3-9)15-13(20)16-11(17)6-7-12(18)19/h2-8H,1H3,(H,18,19)(H2,15,16,17,20). The monoisotopic (exact) mass is 280 g/mol. The molecule has 0 aliphatic heterocycles. The third-order valence-corrected chi connectivity index (χ3v) is 2.33. The lowest BCUT2D eigenvalue weighted by atomic mass is 10.1. The zero-order valence-electron chi connectivity index (χ0n) is 10.6. The minimum Gasteiger partial charge on any atom is -0.478 e. The lowest BCUT2D eigenvalue weighted by molar-refractivity contribution is -0.131. The highest BCUT2D eigenvalue weighted by molar-refractivity contribution is 6.02. The molecule has 106 valence electrons. The van der Waals surface area contributed by atoms with Gasteiger partial charge in [0.2, 0.25) is 0 Å². The van der Waals surface area contributed by atoms with Crippen molar-refractivity contribution in [3.8, 4) is 0 Å². The van der Waals surface area contributed by atoms with Gasteiger partial charge in [-0.25, -0.2) is 14.0 Å². The largest absolute Gasteiger partial charge is 0.478 e. The van der Waals surface area contributed by atoms with Gasteiger partial charge in [0.25, 0.3) is 5.91 Å². The summed E-state index contributed by atoms with van der Waals surface area (Å²) in [5.41, 5.74) is 0.662. The Morgan fingerprint density at radius 3 is 2.35 bits per heavy atom. The summed E-state index contributed by atoms with van der Waals surface area (Å²) in [7, 11) is 0. The number of aliphatic carboxylic acids is 1. The van der Waals surface area contributed by atoms with Crippen LogP contribution >= 0.6 is 0 Å². The van der Waals surface area contributed by atoms with Gasteiger partial charge in [0.15, 0.2) is 0 Å². The van der Waals surface area contributed by atoms with Gasteiger partial charge in [-0.05, 0) is 24.6 Å². The molecular formula is C13H13FN2O4. The van der Waals surface area contributed by atoms with E-state index in [1.165, 1.54) is 24.3 Å². The van der Waals surface area contributed by atoms with Crippen LogP contribution in [0.25, 0.3) is 0 Å². The van der Waals surface area contributed by atoms with Gasteiger partial charge >= 0.3 is 12.0 Å². The summed E-state index contributed by atoms with van der Waals surface area (Å²) in [4.78, 5) is 32.8. The number of halogens is 1. The smallest absolute Gasteiger partial charge is 0.328 e. The predicted octanol–water partition coefficient (Wildman–Crippen LogP) is 1.35. The molecule has 1 rings (SSSR count). The molecule has 0 fully saturated rings. The van der Waals surface area contributed by atoms with Crippen LogP contribution in [0.5, 0.6) is 0 Å². The molecule has 3 amide bonds. The molecule has 0 spiro atoms. The fraction of sp³-hybridized carbons (Fsp3) is 0.154. The number of carboxylic acid groups (broad SMARTS) is 1. The fourth-order valence-corrected chi connectivity index (χ4v) is 1.37. The summed E-state index contributed by atoms with van der Waals surface area (Å²) in [5.74, 6) is -2.53. The molecule has 1 aromatic rings. The highest BCUT2D eigenvalue weighted by atomic mass is 19.1. The van der Waals surface area contributed by atoms with Gasteiger partial charge in [-0.2, -0.15) is 0 Å². The van der Waals surface area contributed by atoms with Crippen LogP contribution in [0.2, 0.25) is 0 Å². The molecule has 1 aromatic carbocycles. The number of hydrogen-bond donors (Lipinski definition) is 3. The molecule has 0 aromatic heterocycles. The Labute approximate surface area is 114 Å². The van der Waals surface area contributed by atoms with Crippen LogP contribution in [-0.4, -0.2) is 23.0 Å². The highest BCUT2D eigenvalue weighted by Gasteiger charge is 2.11. The number of imide groups is 1. The van der Waals surface area contributed by atoms with Crippen LogP contribution < -0.4 is 10.6 Å². The van der Waals surface area contributed by atoms with Crippen LogP contribution in [0.15, 0.2) is 36.4 Å². The highest BCUT2D eigenvalue weighted by Crippen LogP contribution is 2.12. The van der Waals surface area contributed by atoms with E-state index in [1.807, 2.05) is 5.32 Å². The first kappa shape index (κ1) is 15.4. The summed E-state index contributed by atoms with van der Waals surface area (Å²) < 4.78 is 12.7. The Morgan fingerprint density at radius 1 is 1.20 bits per heavy atom. The maximum atomic E-state index is 12.7. The second-order valence-electron chi connectivity index (χ2n) is 3.91. The van der Waals surface area contributed by atoms with Crippen molar-refractivity contribution in [3.05, 3.63) is 47.8 Å². The van der Waals surface area contributed by atoms with E-state index in [0.29, 0.717) is 11.6 Å². The van der Waals surface area contributed by atoms with Crippen molar-refractivity contribution in [1.82, 2.24) is 10.6 Å². The summed E-state index contributed by atoms with van der Waals surface area (Å²) in [6, 6.07) is 4.31. The van der Waals surface area contributed by atoms with E-state index in [0.717, 1.165) is 6.08 Å². The van der Waals surface area contributed by atoms with E-state index in [1.54, 1.807) is 6.92 Å². The van der Waals surface area contributed by atoms with Crippen molar-refractivity contribution in [2.45, 2.75) is 13.0 Å². The van der Waals surface area contributed by atoms with Crippen LogP contribution in [0.4, 0.5) is 9.18 Å². The van der Waals surface area contributed by atoms with Crippen molar-refractivity contribution in [2.75, 3.05) is 0 Å². The van der Waals surface area contributed by atoms with Gasteiger partial charge in [0.1, 0.15) is 5.82 Å². The molecular weight excluding hydrogens is 267 g/mol. The predicted molar refractivity (Wildman–Crippen MR) is 68.3 cm³/mol. The third kappa shape index (κ3) is 5.30. The average molecular weight is 280 g/mol. The molecule has 6 nitrogen and oxygen atoms in total. The number of nitrogens with one attached hydrogen (secondary N) is 2. The number of amides is 3. The minimum absolute atomic E-state index is 0.389. The van der Waals surface area contributed by atoms with Crippen LogP contribution in [0.3, 0.4) is 0 Å². The summed E-state index contributed by atoms with van der Waals surface area (Å²) in [6.07, 6.45) is 1.34. The summed E-state index contributed by atoms with van der Waals surface area (Å²) >= 11 is 0. The Bertz CT molecular complexity index is 540. The van der Waals surface area contributed by atoms with Crippen molar-refractivity contribution in [1.29, 1.82) is 0 Å². The van der Waals surface area contributed by atoms with Crippen LogP contribution in [0.1, 0.15) is 18.5 Å². The molecule has 0 saturated carbocycles. The van der Waals surface area contributed by atoms with E-state index in [-0.39, 0.29) is 5.82 Å². The Morgan fingerprint density at radius 2 is 1.80 bits per heavy atom. The second kappa shape index (κ2) is 7.03. The van der Waals surface area contributed by atoms with Crippen molar-refractivity contribution in [3.63, 3.8) is 0 Å². The molecule has 0 bridgehead atoms. The van der Waals surface area contributed by atoms with Gasteiger partial charge in [-0.15, -0.1) is 0 Å². The van der Waals surface area contributed by atoms with E-state index in [9.17, 15) is 18.8 Å². The third-order valence-electron chi connectivity index (χ3n) is 2.33. The number of carbonyl (C=O) groups excluding carboxylic acids is 2. The Kier molecular flexibility index (Phi) is 5.40. The van der Waals surface area contributed by atoms with Crippen molar-refractivity contribution >= 4 is 17.9 Å². The van der Waals surface area contributed by atoms with Gasteiger partial charge in [0, 0.05) is 12.2 Å². The average Bonchev–Trinajstić information content (AvgIpc) is 2.36. The first-order chi connectivity index (χ1) is 9.38. The normalized spacial score (nSPS) is 11.9. The number of hydrogen-bond acceptors (Lipinski definition) is 3. The van der Waals surface area contributed by atoms with Gasteiger partial charge in [0.05, 0.1) is 6.04 Å². The second-order valence-corrected chi connectivity index (χ2v) is 3.91. The number of carboxylic acids is 1. The number of carbonyl (C=O) groups is 3.